The molecule has 0 aliphatic rings. The lowest BCUT2D eigenvalue weighted by Gasteiger charge is -1.94. The normalized spacial score (nSPS) is 7.50. The summed E-state index contributed by atoms with van der Waals surface area (Å²) in [6, 6.07) is 0. The van der Waals surface area contributed by atoms with Crippen LogP contribution in [-0.4, -0.2) is 14.2 Å². The van der Waals surface area contributed by atoms with E-state index in [1.165, 1.54) is 11.6 Å². The van der Waals surface area contributed by atoms with E-state index >= 15 is 0 Å². The first-order valence-corrected chi connectivity index (χ1v) is 2.80. The maximum atomic E-state index is 4.67. The highest BCUT2D eigenvalue weighted by atomic mass is 32.2. The standard InChI is InChI=1S/C3H7BOS/c1-3(5-2)6-4/h1,4H2,2H3. The summed E-state index contributed by atoms with van der Waals surface area (Å²) in [7, 11) is 3.53. The first-order chi connectivity index (χ1) is 2.81. The zero-order chi connectivity index (χ0) is 4.99. The highest BCUT2D eigenvalue weighted by Gasteiger charge is 1.78. The molecule has 0 aliphatic carbocycles. The smallest absolute Gasteiger partial charge is 0.184 e. The van der Waals surface area contributed by atoms with E-state index in [4.69, 9.17) is 0 Å². The third-order valence-electron chi connectivity index (χ3n) is 0.455. The van der Waals surface area contributed by atoms with Crippen LogP contribution in [0.4, 0.5) is 0 Å². The molecule has 3 heteroatoms. The Morgan fingerprint density at radius 2 is 2.50 bits per heavy atom. The van der Waals surface area contributed by atoms with Crippen LogP contribution < -0.4 is 0 Å². The molecule has 0 rings (SSSR count). The van der Waals surface area contributed by atoms with Gasteiger partial charge in [0.2, 0.25) is 0 Å². The van der Waals surface area contributed by atoms with Crippen molar-refractivity contribution in [2.45, 2.75) is 0 Å². The van der Waals surface area contributed by atoms with Gasteiger partial charge in [0.1, 0.15) is 5.09 Å². The fourth-order valence-corrected chi connectivity index (χ4v) is 0.250. The molecule has 0 heterocycles. The van der Waals surface area contributed by atoms with Gasteiger partial charge in [-0.25, -0.2) is 0 Å². The molecule has 0 saturated heterocycles. The fraction of sp³-hybridized carbons (Fsp3) is 0.333. The van der Waals surface area contributed by atoms with E-state index in [0.717, 1.165) is 5.09 Å². The Labute approximate surface area is 43.1 Å². The SMILES string of the molecule is BSC(=C)OC. The Balaban J connectivity index is 2.99. The quantitative estimate of drug-likeness (QED) is 0.368. The van der Waals surface area contributed by atoms with Crippen LogP contribution in [0.25, 0.3) is 0 Å². The summed E-state index contributed by atoms with van der Waals surface area (Å²) in [5, 5.41) is 0.759. The third kappa shape index (κ3) is 2.21. The van der Waals surface area contributed by atoms with Crippen molar-refractivity contribution in [3.63, 3.8) is 0 Å². The van der Waals surface area contributed by atoms with E-state index in [1.807, 2.05) is 7.12 Å². The van der Waals surface area contributed by atoms with E-state index in [0.29, 0.717) is 0 Å². The molecular weight excluding hydrogens is 94.9 g/mol. The van der Waals surface area contributed by atoms with Gasteiger partial charge < -0.3 is 4.74 Å². The summed E-state index contributed by atoms with van der Waals surface area (Å²) < 4.78 is 4.67. The lowest BCUT2D eigenvalue weighted by atomic mass is 10.8. The zero-order valence-corrected chi connectivity index (χ0v) is 4.84. The van der Waals surface area contributed by atoms with Crippen LogP contribution in [0.5, 0.6) is 0 Å². The second-order valence-electron chi connectivity index (χ2n) is 0.780. The number of hydrogen-bond donors (Lipinski definition) is 0. The van der Waals surface area contributed by atoms with Crippen LogP contribution in [0.3, 0.4) is 0 Å². The van der Waals surface area contributed by atoms with Gasteiger partial charge in [-0.3, -0.25) is 0 Å². The van der Waals surface area contributed by atoms with Crippen LogP contribution in [0, 0.1) is 0 Å². The summed E-state index contributed by atoms with van der Waals surface area (Å²) in [6.07, 6.45) is 0. The van der Waals surface area contributed by atoms with Crippen molar-refractivity contribution in [1.29, 1.82) is 0 Å². The molecule has 0 spiro atoms. The highest BCUT2D eigenvalue weighted by Crippen LogP contribution is 2.04. The largest absolute Gasteiger partial charge is 0.492 e. The van der Waals surface area contributed by atoms with Crippen LogP contribution in [0.15, 0.2) is 11.7 Å². The molecule has 0 aromatic carbocycles. The highest BCUT2D eigenvalue weighted by molar-refractivity contribution is 8.22. The number of hydrogen-bond acceptors (Lipinski definition) is 2. The molecule has 1 nitrogen and oxygen atoms in total. The molecule has 34 valence electrons. The minimum absolute atomic E-state index is 0.759. The van der Waals surface area contributed by atoms with Crippen LogP contribution >= 0.6 is 11.6 Å². The maximum Gasteiger partial charge on any atom is 0.184 e. The average molecular weight is 102 g/mol. The van der Waals surface area contributed by atoms with Gasteiger partial charge in [-0.05, 0) is 0 Å². The van der Waals surface area contributed by atoms with E-state index in [2.05, 4.69) is 11.3 Å². The van der Waals surface area contributed by atoms with Gasteiger partial charge in [0.15, 0.2) is 7.12 Å². The Morgan fingerprint density at radius 1 is 2.00 bits per heavy atom. The topological polar surface area (TPSA) is 9.23 Å². The van der Waals surface area contributed by atoms with Gasteiger partial charge in [0.25, 0.3) is 0 Å². The Morgan fingerprint density at radius 3 is 2.50 bits per heavy atom. The molecular formula is C3H7BOS. The first kappa shape index (κ1) is 5.95. The molecule has 0 bridgehead atoms. The van der Waals surface area contributed by atoms with Crippen molar-refractivity contribution >= 4 is 18.7 Å². The molecule has 0 atom stereocenters. The Bertz CT molecular complexity index is 48.8. The predicted molar refractivity (Wildman–Crippen MR) is 32.3 cm³/mol. The van der Waals surface area contributed by atoms with Crippen molar-refractivity contribution in [3.8, 4) is 0 Å². The molecule has 0 aliphatic heterocycles. The van der Waals surface area contributed by atoms with Crippen molar-refractivity contribution in [2.75, 3.05) is 7.11 Å². The molecule has 0 aromatic rings. The van der Waals surface area contributed by atoms with E-state index in [-0.39, 0.29) is 0 Å². The molecule has 0 aromatic heterocycles. The van der Waals surface area contributed by atoms with Gasteiger partial charge >= 0.3 is 0 Å². The van der Waals surface area contributed by atoms with Crippen molar-refractivity contribution in [1.82, 2.24) is 0 Å². The average Bonchev–Trinajstić information content (AvgIpc) is 1.65. The summed E-state index contributed by atoms with van der Waals surface area (Å²) in [4.78, 5) is 0. The van der Waals surface area contributed by atoms with Crippen molar-refractivity contribution in [3.05, 3.63) is 11.7 Å². The minimum atomic E-state index is 0.759. The van der Waals surface area contributed by atoms with Crippen LogP contribution in [0.1, 0.15) is 0 Å². The fourth-order valence-electron chi connectivity index (χ4n) is 0.0833. The molecule has 0 saturated carbocycles. The summed E-state index contributed by atoms with van der Waals surface area (Å²) in [5.74, 6) is 0. The molecule has 6 heavy (non-hydrogen) atoms. The van der Waals surface area contributed by atoms with E-state index in [9.17, 15) is 0 Å². The van der Waals surface area contributed by atoms with Gasteiger partial charge in [-0.2, -0.15) is 11.6 Å². The predicted octanol–water partition coefficient (Wildman–Crippen LogP) is 0.385. The number of rotatable bonds is 2. The lowest BCUT2D eigenvalue weighted by molar-refractivity contribution is 0.327. The van der Waals surface area contributed by atoms with E-state index < -0.39 is 0 Å². The van der Waals surface area contributed by atoms with Crippen molar-refractivity contribution < 1.29 is 4.74 Å². The van der Waals surface area contributed by atoms with Gasteiger partial charge in [0.05, 0.1) is 7.11 Å². The monoisotopic (exact) mass is 102 g/mol. The number of ether oxygens (including phenoxy) is 1. The maximum absolute atomic E-state index is 4.67. The second-order valence-corrected chi connectivity index (χ2v) is 1.64. The minimum Gasteiger partial charge on any atom is -0.492 e. The van der Waals surface area contributed by atoms with Crippen LogP contribution in [-0.2, 0) is 4.74 Å². The number of methoxy groups -OCH3 is 1. The lowest BCUT2D eigenvalue weighted by Crippen LogP contribution is -1.72. The van der Waals surface area contributed by atoms with Gasteiger partial charge in [0, 0.05) is 0 Å². The Hall–Kier alpha value is -0.0451. The Kier molecular flexibility index (Phi) is 3.13. The first-order valence-electron chi connectivity index (χ1n) is 1.58. The van der Waals surface area contributed by atoms with Gasteiger partial charge in [-0.15, -0.1) is 0 Å². The van der Waals surface area contributed by atoms with Gasteiger partial charge in [-0.1, -0.05) is 6.58 Å². The van der Waals surface area contributed by atoms with Crippen LogP contribution in [0.2, 0.25) is 0 Å². The zero-order valence-electron chi connectivity index (χ0n) is 4.02. The molecule has 0 amide bonds. The molecule has 0 fully saturated rings. The third-order valence-corrected chi connectivity index (χ3v) is 1.08. The molecule has 0 N–H and O–H groups in total. The summed E-state index contributed by atoms with van der Waals surface area (Å²) in [6.45, 7) is 3.53. The molecule has 0 radical (unpaired) electrons. The summed E-state index contributed by atoms with van der Waals surface area (Å²) in [5.41, 5.74) is 0. The van der Waals surface area contributed by atoms with Crippen molar-refractivity contribution in [2.24, 2.45) is 0 Å². The summed E-state index contributed by atoms with van der Waals surface area (Å²) >= 11 is 1.51. The second kappa shape index (κ2) is 3.16. The molecule has 0 unspecified atom stereocenters. The van der Waals surface area contributed by atoms with E-state index in [1.54, 1.807) is 7.11 Å².